The van der Waals surface area contributed by atoms with E-state index in [4.69, 9.17) is 0 Å². The van der Waals surface area contributed by atoms with Gasteiger partial charge >= 0.3 is 0 Å². The standard InChI is InChI=1S/C10H17N/c1-2-9-7-3-8-5-11(4-7)6-10(8)9/h7-10H,2-6H2,1H3. The molecule has 0 aromatic rings. The number of rotatable bonds is 1. The second-order valence-electron chi connectivity index (χ2n) is 4.71. The third-order valence-electron chi connectivity index (χ3n) is 4.29. The Labute approximate surface area is 68.8 Å². The first-order valence-corrected chi connectivity index (χ1v) is 5.11. The fourth-order valence-electron chi connectivity index (χ4n) is 3.96. The van der Waals surface area contributed by atoms with Gasteiger partial charge in [0.2, 0.25) is 0 Å². The topological polar surface area (TPSA) is 3.24 Å². The second-order valence-corrected chi connectivity index (χ2v) is 4.71. The summed E-state index contributed by atoms with van der Waals surface area (Å²) >= 11 is 0. The molecule has 0 aromatic carbocycles. The van der Waals surface area contributed by atoms with Crippen LogP contribution in [0.3, 0.4) is 0 Å². The zero-order chi connectivity index (χ0) is 7.42. The van der Waals surface area contributed by atoms with Gasteiger partial charge in [0, 0.05) is 19.6 Å². The Morgan fingerprint density at radius 3 is 2.73 bits per heavy atom. The van der Waals surface area contributed by atoms with E-state index in [1.54, 1.807) is 6.42 Å². The maximum absolute atomic E-state index is 2.69. The molecule has 4 aliphatic rings. The Morgan fingerprint density at radius 1 is 1.18 bits per heavy atom. The summed E-state index contributed by atoms with van der Waals surface area (Å²) in [6.07, 6.45) is 3.01. The van der Waals surface area contributed by atoms with E-state index >= 15 is 0 Å². The van der Waals surface area contributed by atoms with Crippen LogP contribution >= 0.6 is 0 Å². The van der Waals surface area contributed by atoms with Crippen molar-refractivity contribution < 1.29 is 0 Å². The fourth-order valence-corrected chi connectivity index (χ4v) is 3.96. The summed E-state index contributed by atoms with van der Waals surface area (Å²) in [6, 6.07) is 0. The van der Waals surface area contributed by atoms with Gasteiger partial charge in [0.15, 0.2) is 0 Å². The molecular weight excluding hydrogens is 134 g/mol. The summed E-state index contributed by atoms with van der Waals surface area (Å²) in [4.78, 5) is 2.69. The van der Waals surface area contributed by atoms with Gasteiger partial charge in [-0.25, -0.2) is 0 Å². The van der Waals surface area contributed by atoms with Crippen molar-refractivity contribution in [3.8, 4) is 0 Å². The molecule has 3 aliphatic heterocycles. The highest BCUT2D eigenvalue weighted by Gasteiger charge is 2.51. The average Bonchev–Trinajstić information content (AvgIpc) is 2.40. The first-order valence-electron chi connectivity index (χ1n) is 5.11. The molecule has 1 nitrogen and oxygen atoms in total. The molecule has 4 fully saturated rings. The van der Waals surface area contributed by atoms with E-state index in [9.17, 15) is 0 Å². The SMILES string of the molecule is CCC1C2CC3CN(C2)CC31. The third-order valence-corrected chi connectivity index (χ3v) is 4.29. The Hall–Kier alpha value is -0.0400. The van der Waals surface area contributed by atoms with E-state index in [0.717, 1.165) is 23.7 Å². The van der Waals surface area contributed by atoms with Crippen LogP contribution < -0.4 is 0 Å². The lowest BCUT2D eigenvalue weighted by molar-refractivity contribution is 0.142. The van der Waals surface area contributed by atoms with Gasteiger partial charge < -0.3 is 4.90 Å². The zero-order valence-electron chi connectivity index (χ0n) is 7.29. The highest BCUT2D eigenvalue weighted by atomic mass is 15.2. The molecular formula is C10H17N. The molecule has 4 rings (SSSR count). The van der Waals surface area contributed by atoms with Gasteiger partial charge in [0.25, 0.3) is 0 Å². The molecule has 0 radical (unpaired) electrons. The number of hydrogen-bond donors (Lipinski definition) is 0. The highest BCUT2D eigenvalue weighted by Crippen LogP contribution is 2.51. The summed E-state index contributed by atoms with van der Waals surface area (Å²) in [5, 5.41) is 0. The largest absolute Gasteiger partial charge is 0.302 e. The molecule has 4 bridgehead atoms. The van der Waals surface area contributed by atoms with E-state index in [0.29, 0.717) is 0 Å². The molecule has 1 heteroatoms. The van der Waals surface area contributed by atoms with E-state index in [1.807, 2.05) is 0 Å². The number of nitrogens with zero attached hydrogens (tertiary/aromatic N) is 1. The second kappa shape index (κ2) is 2.01. The Morgan fingerprint density at radius 2 is 2.00 bits per heavy atom. The third kappa shape index (κ3) is 0.703. The first-order chi connectivity index (χ1) is 5.38. The quantitative estimate of drug-likeness (QED) is 0.550. The maximum atomic E-state index is 2.69. The lowest BCUT2D eigenvalue weighted by atomic mass is 9.84. The van der Waals surface area contributed by atoms with Crippen molar-refractivity contribution >= 4 is 0 Å². The summed E-state index contributed by atoms with van der Waals surface area (Å²) in [6.45, 7) is 6.71. The normalized spacial score (nSPS) is 59.2. The molecule has 3 saturated heterocycles. The minimum atomic E-state index is 1.09. The van der Waals surface area contributed by atoms with Crippen LogP contribution in [0.25, 0.3) is 0 Å². The molecule has 0 amide bonds. The van der Waals surface area contributed by atoms with Gasteiger partial charge in [0.05, 0.1) is 0 Å². The summed E-state index contributed by atoms with van der Waals surface area (Å²) in [5.41, 5.74) is 0. The van der Waals surface area contributed by atoms with Gasteiger partial charge in [0.1, 0.15) is 0 Å². The van der Waals surface area contributed by atoms with Crippen LogP contribution in [0, 0.1) is 23.7 Å². The van der Waals surface area contributed by atoms with Crippen LogP contribution in [0.5, 0.6) is 0 Å². The minimum Gasteiger partial charge on any atom is -0.302 e. The van der Waals surface area contributed by atoms with Crippen molar-refractivity contribution in [3.05, 3.63) is 0 Å². The van der Waals surface area contributed by atoms with Gasteiger partial charge in [-0.15, -0.1) is 0 Å². The van der Waals surface area contributed by atoms with Crippen LogP contribution in [0.4, 0.5) is 0 Å². The molecule has 11 heavy (non-hydrogen) atoms. The molecule has 1 aliphatic carbocycles. The monoisotopic (exact) mass is 151 g/mol. The van der Waals surface area contributed by atoms with Crippen LogP contribution in [0.15, 0.2) is 0 Å². The van der Waals surface area contributed by atoms with Crippen molar-refractivity contribution in [1.29, 1.82) is 0 Å². The Balaban J connectivity index is 1.91. The van der Waals surface area contributed by atoms with Gasteiger partial charge in [-0.05, 0) is 30.1 Å². The van der Waals surface area contributed by atoms with Gasteiger partial charge in [-0.2, -0.15) is 0 Å². The molecule has 0 N–H and O–H groups in total. The molecule has 62 valence electrons. The van der Waals surface area contributed by atoms with Crippen molar-refractivity contribution in [2.24, 2.45) is 23.7 Å². The molecule has 5 atom stereocenters. The van der Waals surface area contributed by atoms with Crippen molar-refractivity contribution in [2.45, 2.75) is 19.8 Å². The predicted molar refractivity (Wildman–Crippen MR) is 45.3 cm³/mol. The summed E-state index contributed by atoms with van der Waals surface area (Å²) < 4.78 is 0. The summed E-state index contributed by atoms with van der Waals surface area (Å²) in [7, 11) is 0. The Kier molecular flexibility index (Phi) is 1.18. The van der Waals surface area contributed by atoms with Gasteiger partial charge in [-0.1, -0.05) is 13.3 Å². The maximum Gasteiger partial charge on any atom is 0.00158 e. The number of piperidine rings is 2. The Bertz CT molecular complexity index is 174. The highest BCUT2D eigenvalue weighted by molar-refractivity contribution is 5.03. The lowest BCUT2D eigenvalue weighted by Gasteiger charge is -2.33. The van der Waals surface area contributed by atoms with Crippen LogP contribution in [-0.2, 0) is 0 Å². The van der Waals surface area contributed by atoms with E-state index < -0.39 is 0 Å². The predicted octanol–water partition coefficient (Wildman–Crippen LogP) is 1.59. The van der Waals surface area contributed by atoms with E-state index in [2.05, 4.69) is 11.8 Å². The molecule has 1 saturated carbocycles. The fraction of sp³-hybridized carbons (Fsp3) is 1.00. The first kappa shape index (κ1) is 6.47. The van der Waals surface area contributed by atoms with Crippen LogP contribution in [0.1, 0.15) is 19.8 Å². The van der Waals surface area contributed by atoms with Crippen molar-refractivity contribution in [1.82, 2.24) is 4.90 Å². The zero-order valence-corrected chi connectivity index (χ0v) is 7.29. The summed E-state index contributed by atoms with van der Waals surface area (Å²) in [5.74, 6) is 4.42. The van der Waals surface area contributed by atoms with Crippen molar-refractivity contribution in [3.63, 3.8) is 0 Å². The molecule has 0 aromatic heterocycles. The van der Waals surface area contributed by atoms with Crippen LogP contribution in [-0.4, -0.2) is 24.5 Å². The van der Waals surface area contributed by atoms with Gasteiger partial charge in [-0.3, -0.25) is 0 Å². The molecule has 5 unspecified atom stereocenters. The lowest BCUT2D eigenvalue weighted by Crippen LogP contribution is -2.38. The smallest absolute Gasteiger partial charge is 0.00158 e. The average molecular weight is 151 g/mol. The van der Waals surface area contributed by atoms with Crippen molar-refractivity contribution in [2.75, 3.05) is 19.6 Å². The molecule has 3 heterocycles. The molecule has 0 spiro atoms. The van der Waals surface area contributed by atoms with Crippen LogP contribution in [0.2, 0.25) is 0 Å². The van der Waals surface area contributed by atoms with E-state index in [1.165, 1.54) is 26.1 Å². The minimum absolute atomic E-state index is 1.09. The van der Waals surface area contributed by atoms with E-state index in [-0.39, 0.29) is 0 Å². The number of hydrogen-bond acceptors (Lipinski definition) is 1.